The predicted octanol–water partition coefficient (Wildman–Crippen LogP) is 1.82. The number of fused-ring (bicyclic) bond motifs is 1. The van der Waals surface area contributed by atoms with Crippen molar-refractivity contribution in [1.82, 2.24) is 15.0 Å². The van der Waals surface area contributed by atoms with Gasteiger partial charge in [0.1, 0.15) is 5.25 Å². The summed E-state index contributed by atoms with van der Waals surface area (Å²) >= 11 is 5.89. The van der Waals surface area contributed by atoms with E-state index in [0.717, 1.165) is 12.0 Å². The van der Waals surface area contributed by atoms with Crippen LogP contribution in [0.3, 0.4) is 0 Å². The molecule has 0 amide bonds. The predicted molar refractivity (Wildman–Crippen MR) is 96.8 cm³/mol. The van der Waals surface area contributed by atoms with Gasteiger partial charge in [-0.3, -0.25) is 4.90 Å². The van der Waals surface area contributed by atoms with Crippen LogP contribution in [0, 0.1) is 0 Å². The fraction of sp³-hybridized carbons (Fsp3) is 0.529. The SMILES string of the molecule is O=S1(=O)CCN(CCc2nc(-c3ccc(Cl)cc3)no2)C2CCOCC21. The lowest BCUT2D eigenvalue weighted by atomic mass is 10.1. The van der Waals surface area contributed by atoms with Crippen molar-refractivity contribution in [1.29, 1.82) is 0 Å². The second-order valence-corrected chi connectivity index (χ2v) is 9.42. The number of nitrogens with zero attached hydrogens (tertiary/aromatic N) is 3. The molecular weight excluding hydrogens is 378 g/mol. The Labute approximate surface area is 157 Å². The van der Waals surface area contributed by atoms with Crippen molar-refractivity contribution in [2.45, 2.75) is 24.1 Å². The van der Waals surface area contributed by atoms with E-state index in [2.05, 4.69) is 15.0 Å². The summed E-state index contributed by atoms with van der Waals surface area (Å²) in [6.45, 7) is 2.14. The maximum atomic E-state index is 12.3. The maximum absolute atomic E-state index is 12.3. The number of aromatic nitrogens is 2. The highest BCUT2D eigenvalue weighted by Crippen LogP contribution is 2.26. The van der Waals surface area contributed by atoms with E-state index in [1.807, 2.05) is 12.1 Å². The van der Waals surface area contributed by atoms with E-state index in [1.165, 1.54) is 0 Å². The number of ether oxygens (including phenoxy) is 1. The zero-order valence-corrected chi connectivity index (χ0v) is 15.7. The van der Waals surface area contributed by atoms with Crippen molar-refractivity contribution < 1.29 is 17.7 Å². The number of benzene rings is 1. The molecule has 4 rings (SSSR count). The van der Waals surface area contributed by atoms with Crippen LogP contribution in [0.4, 0.5) is 0 Å². The summed E-state index contributed by atoms with van der Waals surface area (Å²) in [5, 5.41) is 4.26. The van der Waals surface area contributed by atoms with Gasteiger partial charge in [0.15, 0.2) is 9.84 Å². The number of sulfone groups is 1. The van der Waals surface area contributed by atoms with Gasteiger partial charge in [-0.15, -0.1) is 0 Å². The molecule has 1 aromatic heterocycles. The van der Waals surface area contributed by atoms with Gasteiger partial charge in [-0.2, -0.15) is 4.98 Å². The van der Waals surface area contributed by atoms with Gasteiger partial charge in [0, 0.05) is 42.7 Å². The quantitative estimate of drug-likeness (QED) is 0.777. The smallest absolute Gasteiger partial charge is 0.228 e. The zero-order chi connectivity index (χ0) is 18.1. The van der Waals surface area contributed by atoms with Gasteiger partial charge in [0.05, 0.1) is 12.4 Å². The Morgan fingerprint density at radius 2 is 2.08 bits per heavy atom. The van der Waals surface area contributed by atoms with Crippen molar-refractivity contribution >= 4 is 21.4 Å². The molecule has 2 aliphatic rings. The molecule has 7 nitrogen and oxygen atoms in total. The molecular formula is C17H20ClN3O4S. The Morgan fingerprint density at radius 3 is 2.88 bits per heavy atom. The molecule has 0 radical (unpaired) electrons. The van der Waals surface area contributed by atoms with Crippen molar-refractivity contribution in [3.8, 4) is 11.4 Å². The zero-order valence-electron chi connectivity index (χ0n) is 14.2. The number of hydrogen-bond donors (Lipinski definition) is 0. The first-order chi connectivity index (χ1) is 12.5. The summed E-state index contributed by atoms with van der Waals surface area (Å²) in [4.78, 5) is 6.66. The molecule has 0 aliphatic carbocycles. The van der Waals surface area contributed by atoms with E-state index in [0.29, 0.717) is 49.5 Å². The summed E-state index contributed by atoms with van der Waals surface area (Å²) in [7, 11) is -3.06. The minimum atomic E-state index is -3.06. The average molecular weight is 398 g/mol. The average Bonchev–Trinajstić information content (AvgIpc) is 3.11. The van der Waals surface area contributed by atoms with Crippen LogP contribution in [0.5, 0.6) is 0 Å². The Morgan fingerprint density at radius 1 is 1.27 bits per heavy atom. The first-order valence-corrected chi connectivity index (χ1v) is 10.7. The number of hydrogen-bond acceptors (Lipinski definition) is 7. The van der Waals surface area contributed by atoms with E-state index in [1.54, 1.807) is 12.1 Å². The summed E-state index contributed by atoms with van der Waals surface area (Å²) < 4.78 is 35.3. The third-order valence-electron chi connectivity index (χ3n) is 5.05. The van der Waals surface area contributed by atoms with Gasteiger partial charge < -0.3 is 9.26 Å². The minimum Gasteiger partial charge on any atom is -0.380 e. The molecule has 3 heterocycles. The third-order valence-corrected chi connectivity index (χ3v) is 7.42. The summed E-state index contributed by atoms with van der Waals surface area (Å²) in [5.41, 5.74) is 0.845. The van der Waals surface area contributed by atoms with E-state index < -0.39 is 15.1 Å². The lowest BCUT2D eigenvalue weighted by molar-refractivity contribution is 0.0341. The van der Waals surface area contributed by atoms with Crippen LogP contribution in [0.15, 0.2) is 28.8 Å². The van der Waals surface area contributed by atoms with Crippen molar-refractivity contribution in [3.63, 3.8) is 0 Å². The Bertz CT molecular complexity index is 868. The molecule has 2 saturated heterocycles. The largest absolute Gasteiger partial charge is 0.380 e. The molecule has 2 unspecified atom stereocenters. The molecule has 0 bridgehead atoms. The van der Waals surface area contributed by atoms with Gasteiger partial charge in [-0.1, -0.05) is 16.8 Å². The Hall–Kier alpha value is -1.48. The van der Waals surface area contributed by atoms with E-state index in [9.17, 15) is 8.42 Å². The standard InChI is InChI=1S/C17H20ClN3O4S/c18-13-3-1-12(2-4-13)17-19-16(25-20-17)5-7-21-8-10-26(22,23)15-11-24-9-6-14(15)21/h1-4,14-15H,5-11H2. The molecule has 2 fully saturated rings. The molecule has 0 N–H and O–H groups in total. The first-order valence-electron chi connectivity index (χ1n) is 8.65. The fourth-order valence-electron chi connectivity index (χ4n) is 3.61. The minimum absolute atomic E-state index is 0.0150. The maximum Gasteiger partial charge on any atom is 0.228 e. The Kier molecular flexibility index (Phi) is 5.00. The van der Waals surface area contributed by atoms with E-state index in [4.69, 9.17) is 20.9 Å². The first kappa shape index (κ1) is 17.9. The van der Waals surface area contributed by atoms with Crippen LogP contribution in [0.25, 0.3) is 11.4 Å². The van der Waals surface area contributed by atoms with Gasteiger partial charge in [-0.05, 0) is 30.7 Å². The van der Waals surface area contributed by atoms with Gasteiger partial charge >= 0.3 is 0 Å². The van der Waals surface area contributed by atoms with Crippen LogP contribution in [0.2, 0.25) is 5.02 Å². The molecule has 2 aliphatic heterocycles. The Balaban J connectivity index is 1.42. The normalized spacial score (nSPS) is 25.7. The van der Waals surface area contributed by atoms with E-state index >= 15 is 0 Å². The number of halogens is 1. The van der Waals surface area contributed by atoms with Crippen LogP contribution < -0.4 is 0 Å². The van der Waals surface area contributed by atoms with Gasteiger partial charge in [-0.25, -0.2) is 8.42 Å². The highest BCUT2D eigenvalue weighted by molar-refractivity contribution is 7.92. The molecule has 0 spiro atoms. The highest BCUT2D eigenvalue weighted by Gasteiger charge is 2.43. The second kappa shape index (κ2) is 7.26. The monoisotopic (exact) mass is 397 g/mol. The van der Waals surface area contributed by atoms with Crippen LogP contribution >= 0.6 is 11.6 Å². The van der Waals surface area contributed by atoms with Crippen molar-refractivity contribution in [3.05, 3.63) is 35.2 Å². The van der Waals surface area contributed by atoms with Crippen molar-refractivity contribution in [2.24, 2.45) is 0 Å². The van der Waals surface area contributed by atoms with Crippen molar-refractivity contribution in [2.75, 3.05) is 32.1 Å². The molecule has 0 saturated carbocycles. The van der Waals surface area contributed by atoms with Gasteiger partial charge in [0.2, 0.25) is 11.7 Å². The summed E-state index contributed by atoms with van der Waals surface area (Å²) in [6, 6.07) is 7.28. The van der Waals surface area contributed by atoms with Crippen LogP contribution in [-0.4, -0.2) is 66.8 Å². The van der Waals surface area contributed by atoms with E-state index in [-0.39, 0.29) is 11.8 Å². The summed E-state index contributed by atoms with van der Waals surface area (Å²) in [5.74, 6) is 1.26. The molecule has 26 heavy (non-hydrogen) atoms. The number of rotatable bonds is 4. The summed E-state index contributed by atoms with van der Waals surface area (Å²) in [6.07, 6.45) is 1.33. The second-order valence-electron chi connectivity index (χ2n) is 6.64. The highest BCUT2D eigenvalue weighted by atomic mass is 35.5. The topological polar surface area (TPSA) is 85.5 Å². The molecule has 140 valence electrons. The van der Waals surface area contributed by atoms with Gasteiger partial charge in [0.25, 0.3) is 0 Å². The lowest BCUT2D eigenvalue weighted by Crippen LogP contribution is -2.58. The molecule has 2 aromatic rings. The third kappa shape index (κ3) is 3.64. The molecule has 1 aromatic carbocycles. The van der Waals surface area contributed by atoms with Crippen LogP contribution in [0.1, 0.15) is 12.3 Å². The van der Waals surface area contributed by atoms with Crippen LogP contribution in [-0.2, 0) is 21.0 Å². The molecule has 2 atom stereocenters. The molecule has 9 heteroatoms. The fourth-order valence-corrected chi connectivity index (χ4v) is 5.62. The lowest BCUT2D eigenvalue weighted by Gasteiger charge is -2.43.